The molecule has 0 saturated carbocycles. The Labute approximate surface area is 164 Å². The molecule has 1 aliphatic rings. The molecule has 0 spiro atoms. The fourth-order valence-electron chi connectivity index (χ4n) is 3.71. The minimum atomic E-state index is -0.651. The number of anilines is 1. The van der Waals surface area contributed by atoms with Crippen molar-refractivity contribution in [3.63, 3.8) is 0 Å². The summed E-state index contributed by atoms with van der Waals surface area (Å²) >= 11 is 0. The SMILES string of the molecule is COC(=O)[C@H](c1ccccc1)N1c2cc(O)ccc2C=C[C@@H]1c1ccccc1. The maximum atomic E-state index is 12.9. The lowest BCUT2D eigenvalue weighted by molar-refractivity contribution is -0.142. The van der Waals surface area contributed by atoms with E-state index in [-0.39, 0.29) is 17.8 Å². The number of phenols is 1. The molecule has 2 atom stereocenters. The van der Waals surface area contributed by atoms with Crippen LogP contribution >= 0.6 is 0 Å². The molecule has 0 aliphatic carbocycles. The maximum absolute atomic E-state index is 12.9. The van der Waals surface area contributed by atoms with Crippen LogP contribution in [-0.4, -0.2) is 18.2 Å². The molecule has 1 heterocycles. The lowest BCUT2D eigenvalue weighted by Crippen LogP contribution is -2.39. The summed E-state index contributed by atoms with van der Waals surface area (Å²) in [7, 11) is 1.40. The minimum Gasteiger partial charge on any atom is -0.508 e. The first-order valence-corrected chi connectivity index (χ1v) is 9.16. The number of esters is 1. The summed E-state index contributed by atoms with van der Waals surface area (Å²) in [5, 5.41) is 10.1. The Morgan fingerprint density at radius 2 is 1.68 bits per heavy atom. The highest BCUT2D eigenvalue weighted by Gasteiger charge is 2.36. The monoisotopic (exact) mass is 371 g/mol. The Morgan fingerprint density at radius 3 is 2.36 bits per heavy atom. The highest BCUT2D eigenvalue weighted by Crippen LogP contribution is 2.43. The van der Waals surface area contributed by atoms with Gasteiger partial charge in [-0.25, -0.2) is 4.79 Å². The average molecular weight is 371 g/mol. The van der Waals surface area contributed by atoms with Crippen molar-refractivity contribution >= 4 is 17.7 Å². The summed E-state index contributed by atoms with van der Waals surface area (Å²) in [5.74, 6) is -0.195. The summed E-state index contributed by atoms with van der Waals surface area (Å²) in [6.07, 6.45) is 4.11. The molecule has 0 amide bonds. The van der Waals surface area contributed by atoms with Gasteiger partial charge in [-0.1, -0.05) is 72.8 Å². The fourth-order valence-corrected chi connectivity index (χ4v) is 3.71. The molecule has 0 saturated heterocycles. The van der Waals surface area contributed by atoms with Crippen LogP contribution in [-0.2, 0) is 9.53 Å². The number of phenolic OH excluding ortho intramolecular Hbond substituents is 1. The van der Waals surface area contributed by atoms with E-state index in [4.69, 9.17) is 4.74 Å². The predicted octanol–water partition coefficient (Wildman–Crippen LogP) is 4.88. The van der Waals surface area contributed by atoms with E-state index >= 15 is 0 Å². The quantitative estimate of drug-likeness (QED) is 0.664. The Hall–Kier alpha value is -3.53. The molecule has 140 valence electrons. The molecule has 4 rings (SSSR count). The number of fused-ring (bicyclic) bond motifs is 1. The van der Waals surface area contributed by atoms with Crippen molar-refractivity contribution in [3.05, 3.63) is 102 Å². The Kier molecular flexibility index (Phi) is 4.85. The van der Waals surface area contributed by atoms with Gasteiger partial charge in [-0.05, 0) is 28.8 Å². The lowest BCUT2D eigenvalue weighted by Gasteiger charge is -2.40. The highest BCUT2D eigenvalue weighted by molar-refractivity contribution is 5.86. The molecule has 3 aromatic rings. The molecule has 0 radical (unpaired) electrons. The number of rotatable bonds is 4. The molecular weight excluding hydrogens is 350 g/mol. The number of carbonyl (C=O) groups is 1. The number of hydrogen-bond acceptors (Lipinski definition) is 4. The standard InChI is InChI=1S/C24H21NO3/c1-28-24(27)23(19-10-6-3-7-11-19)25-21(17-8-4-2-5-9-17)15-13-18-12-14-20(26)16-22(18)25/h2-16,21,23,26H,1H3/t21-,23+/m1/s1. The summed E-state index contributed by atoms with van der Waals surface area (Å²) in [4.78, 5) is 15.0. The van der Waals surface area contributed by atoms with Crippen LogP contribution in [0.5, 0.6) is 5.75 Å². The molecule has 4 heteroatoms. The summed E-state index contributed by atoms with van der Waals surface area (Å²) in [6.45, 7) is 0. The summed E-state index contributed by atoms with van der Waals surface area (Å²) < 4.78 is 5.18. The normalized spacial score (nSPS) is 16.3. The zero-order valence-corrected chi connectivity index (χ0v) is 15.5. The molecule has 0 fully saturated rings. The van der Waals surface area contributed by atoms with Crippen LogP contribution < -0.4 is 4.90 Å². The Balaban J connectivity index is 1.93. The maximum Gasteiger partial charge on any atom is 0.333 e. The average Bonchev–Trinajstić information content (AvgIpc) is 2.75. The Bertz CT molecular complexity index is 999. The van der Waals surface area contributed by atoms with Crippen molar-refractivity contribution in [1.82, 2.24) is 0 Å². The van der Waals surface area contributed by atoms with Crippen molar-refractivity contribution < 1.29 is 14.6 Å². The largest absolute Gasteiger partial charge is 0.508 e. The molecule has 3 aromatic carbocycles. The van der Waals surface area contributed by atoms with Gasteiger partial charge < -0.3 is 14.7 Å². The van der Waals surface area contributed by atoms with Gasteiger partial charge in [0.15, 0.2) is 6.04 Å². The van der Waals surface area contributed by atoms with E-state index in [1.54, 1.807) is 12.1 Å². The van der Waals surface area contributed by atoms with Gasteiger partial charge in [-0.2, -0.15) is 0 Å². The number of hydrogen-bond donors (Lipinski definition) is 1. The van der Waals surface area contributed by atoms with Gasteiger partial charge in [0.25, 0.3) is 0 Å². The van der Waals surface area contributed by atoms with Gasteiger partial charge in [0.2, 0.25) is 0 Å². The lowest BCUT2D eigenvalue weighted by atomic mass is 9.93. The summed E-state index contributed by atoms with van der Waals surface area (Å²) in [5.41, 5.74) is 3.61. The molecule has 28 heavy (non-hydrogen) atoms. The van der Waals surface area contributed by atoms with Crippen molar-refractivity contribution in [2.45, 2.75) is 12.1 Å². The summed E-state index contributed by atoms with van der Waals surface area (Å²) in [6, 6.07) is 24.0. The van der Waals surface area contributed by atoms with E-state index in [1.807, 2.05) is 77.7 Å². The third-order valence-electron chi connectivity index (χ3n) is 5.01. The topological polar surface area (TPSA) is 49.8 Å². The van der Waals surface area contributed by atoms with Gasteiger partial charge in [0, 0.05) is 11.8 Å². The van der Waals surface area contributed by atoms with Crippen LogP contribution in [0.4, 0.5) is 5.69 Å². The van der Waals surface area contributed by atoms with Crippen molar-refractivity contribution in [3.8, 4) is 5.75 Å². The molecule has 1 N–H and O–H groups in total. The zero-order chi connectivity index (χ0) is 19.5. The van der Waals surface area contributed by atoms with Gasteiger partial charge in [-0.15, -0.1) is 0 Å². The molecule has 0 aromatic heterocycles. The number of methoxy groups -OCH3 is 1. The van der Waals surface area contributed by atoms with Gasteiger partial charge in [0.1, 0.15) is 5.75 Å². The first kappa shape index (κ1) is 17.9. The van der Waals surface area contributed by atoms with Gasteiger partial charge in [-0.3, -0.25) is 0 Å². The molecule has 4 nitrogen and oxygen atoms in total. The number of carbonyl (C=O) groups excluding carboxylic acids is 1. The third kappa shape index (κ3) is 3.25. The first-order chi connectivity index (χ1) is 13.7. The second-order valence-electron chi connectivity index (χ2n) is 6.70. The minimum absolute atomic E-state index is 0.155. The van der Waals surface area contributed by atoms with Crippen LogP contribution in [0.3, 0.4) is 0 Å². The van der Waals surface area contributed by atoms with Crippen LogP contribution in [0.15, 0.2) is 84.9 Å². The van der Waals surface area contributed by atoms with Crippen LogP contribution in [0.2, 0.25) is 0 Å². The smallest absolute Gasteiger partial charge is 0.333 e. The van der Waals surface area contributed by atoms with Crippen molar-refractivity contribution in [2.24, 2.45) is 0 Å². The molecule has 0 bridgehead atoms. The first-order valence-electron chi connectivity index (χ1n) is 9.16. The Morgan fingerprint density at radius 1 is 1.00 bits per heavy atom. The van der Waals surface area contributed by atoms with Crippen LogP contribution in [0, 0.1) is 0 Å². The van der Waals surface area contributed by atoms with E-state index in [0.29, 0.717) is 0 Å². The van der Waals surface area contributed by atoms with E-state index in [2.05, 4.69) is 6.08 Å². The second-order valence-corrected chi connectivity index (χ2v) is 6.70. The van der Waals surface area contributed by atoms with E-state index in [0.717, 1.165) is 22.4 Å². The number of nitrogens with zero attached hydrogens (tertiary/aromatic N) is 1. The zero-order valence-electron chi connectivity index (χ0n) is 15.5. The molecule has 1 aliphatic heterocycles. The van der Waals surface area contributed by atoms with Crippen LogP contribution in [0.1, 0.15) is 28.8 Å². The van der Waals surface area contributed by atoms with E-state index in [9.17, 15) is 9.90 Å². The molecular formula is C24H21NO3. The van der Waals surface area contributed by atoms with Gasteiger partial charge in [0.05, 0.1) is 13.2 Å². The number of aromatic hydroxyl groups is 1. The third-order valence-corrected chi connectivity index (χ3v) is 5.01. The van der Waals surface area contributed by atoms with Crippen LogP contribution in [0.25, 0.3) is 6.08 Å². The predicted molar refractivity (Wildman–Crippen MR) is 110 cm³/mol. The van der Waals surface area contributed by atoms with Gasteiger partial charge >= 0.3 is 5.97 Å². The fraction of sp³-hybridized carbons (Fsp3) is 0.125. The van der Waals surface area contributed by atoms with E-state index < -0.39 is 6.04 Å². The number of ether oxygens (including phenoxy) is 1. The highest BCUT2D eigenvalue weighted by atomic mass is 16.5. The van der Waals surface area contributed by atoms with E-state index in [1.165, 1.54) is 7.11 Å². The van der Waals surface area contributed by atoms with Crippen molar-refractivity contribution in [1.29, 1.82) is 0 Å². The second kappa shape index (κ2) is 7.61. The number of benzene rings is 3. The molecule has 0 unspecified atom stereocenters. The van der Waals surface area contributed by atoms with Crippen molar-refractivity contribution in [2.75, 3.05) is 12.0 Å².